The number of aromatic nitrogens is 3. The molecule has 15 heavy (non-hydrogen) atoms. The minimum Gasteiger partial charge on any atom is -0.314 e. The molecule has 5 nitrogen and oxygen atoms in total. The van der Waals surface area contributed by atoms with E-state index in [-0.39, 0.29) is 5.54 Å². The predicted octanol–water partition coefficient (Wildman–Crippen LogP) is -0.00110. The van der Waals surface area contributed by atoms with Gasteiger partial charge in [-0.3, -0.25) is 9.58 Å². The van der Waals surface area contributed by atoms with Crippen molar-refractivity contribution in [2.75, 3.05) is 19.6 Å². The molecule has 2 heterocycles. The summed E-state index contributed by atoms with van der Waals surface area (Å²) < 4.78 is 1.85. The first-order valence-corrected chi connectivity index (χ1v) is 5.38. The fourth-order valence-corrected chi connectivity index (χ4v) is 1.95. The molecule has 0 spiro atoms. The lowest BCUT2D eigenvalue weighted by molar-refractivity contribution is 0.0787. The molecule has 1 aliphatic rings. The van der Waals surface area contributed by atoms with Crippen LogP contribution in [0.15, 0.2) is 6.33 Å². The van der Waals surface area contributed by atoms with Crippen molar-refractivity contribution in [3.05, 3.63) is 12.2 Å². The molecule has 0 atom stereocenters. The summed E-state index contributed by atoms with van der Waals surface area (Å²) in [5.74, 6) is 1.03. The average molecular weight is 209 g/mol. The number of rotatable bonds is 2. The molecular formula is C10H19N5. The fourth-order valence-electron chi connectivity index (χ4n) is 1.95. The molecule has 0 unspecified atom stereocenters. The summed E-state index contributed by atoms with van der Waals surface area (Å²) in [6.07, 6.45) is 1.62. The van der Waals surface area contributed by atoms with Gasteiger partial charge in [-0.15, -0.1) is 0 Å². The smallest absolute Gasteiger partial charge is 0.140 e. The Morgan fingerprint density at radius 2 is 2.33 bits per heavy atom. The van der Waals surface area contributed by atoms with Crippen molar-refractivity contribution >= 4 is 0 Å². The van der Waals surface area contributed by atoms with E-state index in [0.717, 1.165) is 32.0 Å². The van der Waals surface area contributed by atoms with Gasteiger partial charge in [0.2, 0.25) is 0 Å². The Kier molecular flexibility index (Phi) is 2.75. The number of hydrogen-bond donors (Lipinski definition) is 1. The maximum absolute atomic E-state index is 4.27. The standard InChI is InChI=1S/C10H19N5/c1-10(2)7-11-4-5-15(10)6-9-12-8-13-14(9)3/h8,11H,4-7H2,1-3H3. The van der Waals surface area contributed by atoms with Crippen LogP contribution in [-0.4, -0.2) is 44.8 Å². The van der Waals surface area contributed by atoms with Crippen LogP contribution < -0.4 is 5.32 Å². The highest BCUT2D eigenvalue weighted by molar-refractivity contribution is 4.93. The Hall–Kier alpha value is -0.940. The Morgan fingerprint density at radius 1 is 1.53 bits per heavy atom. The van der Waals surface area contributed by atoms with Crippen molar-refractivity contribution in [1.82, 2.24) is 25.0 Å². The van der Waals surface area contributed by atoms with Gasteiger partial charge in [0.05, 0.1) is 6.54 Å². The van der Waals surface area contributed by atoms with E-state index in [4.69, 9.17) is 0 Å². The number of nitrogens with zero attached hydrogens (tertiary/aromatic N) is 4. The molecule has 1 aromatic heterocycles. The highest BCUT2D eigenvalue weighted by Gasteiger charge is 2.30. The second-order valence-electron chi connectivity index (χ2n) is 4.71. The van der Waals surface area contributed by atoms with Crippen LogP contribution in [0.5, 0.6) is 0 Å². The molecule has 0 amide bonds. The van der Waals surface area contributed by atoms with Crippen LogP contribution in [-0.2, 0) is 13.6 Å². The summed E-state index contributed by atoms with van der Waals surface area (Å²) in [5, 5.41) is 7.51. The van der Waals surface area contributed by atoms with Crippen molar-refractivity contribution in [2.24, 2.45) is 7.05 Å². The quantitative estimate of drug-likeness (QED) is 0.744. The lowest BCUT2D eigenvalue weighted by Gasteiger charge is -2.42. The fraction of sp³-hybridized carbons (Fsp3) is 0.800. The minimum atomic E-state index is 0.199. The maximum atomic E-state index is 4.27. The van der Waals surface area contributed by atoms with Gasteiger partial charge in [-0.2, -0.15) is 5.10 Å². The second kappa shape index (κ2) is 3.90. The van der Waals surface area contributed by atoms with Gasteiger partial charge >= 0.3 is 0 Å². The van der Waals surface area contributed by atoms with Crippen LogP contribution in [0, 0.1) is 0 Å². The van der Waals surface area contributed by atoms with E-state index in [2.05, 4.69) is 34.1 Å². The van der Waals surface area contributed by atoms with Gasteiger partial charge in [0.15, 0.2) is 0 Å². The van der Waals surface area contributed by atoms with Gasteiger partial charge in [-0.05, 0) is 13.8 Å². The SMILES string of the molecule is Cn1ncnc1CN1CCNCC1(C)C. The molecule has 1 aliphatic heterocycles. The van der Waals surface area contributed by atoms with Gasteiger partial charge < -0.3 is 5.32 Å². The highest BCUT2D eigenvalue weighted by Crippen LogP contribution is 2.18. The molecule has 0 radical (unpaired) electrons. The Morgan fingerprint density at radius 3 is 2.93 bits per heavy atom. The van der Waals surface area contributed by atoms with E-state index < -0.39 is 0 Å². The molecule has 0 bridgehead atoms. The van der Waals surface area contributed by atoms with Crippen molar-refractivity contribution < 1.29 is 0 Å². The van der Waals surface area contributed by atoms with Crippen LogP contribution >= 0.6 is 0 Å². The lowest BCUT2D eigenvalue weighted by Crippen LogP contribution is -2.57. The summed E-state index contributed by atoms with van der Waals surface area (Å²) in [7, 11) is 1.94. The van der Waals surface area contributed by atoms with E-state index >= 15 is 0 Å². The third-order valence-corrected chi connectivity index (χ3v) is 3.11. The zero-order valence-electron chi connectivity index (χ0n) is 9.69. The first kappa shape index (κ1) is 10.6. The Labute approximate surface area is 90.5 Å². The average Bonchev–Trinajstić information content (AvgIpc) is 2.56. The van der Waals surface area contributed by atoms with Gasteiger partial charge in [-0.1, -0.05) is 0 Å². The largest absolute Gasteiger partial charge is 0.314 e. The maximum Gasteiger partial charge on any atom is 0.140 e. The Bertz CT molecular complexity index is 330. The first-order chi connectivity index (χ1) is 7.09. The highest BCUT2D eigenvalue weighted by atomic mass is 15.3. The second-order valence-corrected chi connectivity index (χ2v) is 4.71. The van der Waals surface area contributed by atoms with E-state index in [1.165, 1.54) is 0 Å². The third kappa shape index (κ3) is 2.18. The van der Waals surface area contributed by atoms with Crippen molar-refractivity contribution in [1.29, 1.82) is 0 Å². The third-order valence-electron chi connectivity index (χ3n) is 3.11. The normalized spacial score (nSPS) is 21.8. The van der Waals surface area contributed by atoms with Gasteiger partial charge in [-0.25, -0.2) is 4.98 Å². The molecule has 1 saturated heterocycles. The van der Waals surface area contributed by atoms with Crippen LogP contribution in [0.2, 0.25) is 0 Å². The molecule has 0 aliphatic carbocycles. The minimum absolute atomic E-state index is 0.199. The topological polar surface area (TPSA) is 46.0 Å². The summed E-state index contributed by atoms with van der Waals surface area (Å²) >= 11 is 0. The van der Waals surface area contributed by atoms with E-state index in [1.807, 2.05) is 11.7 Å². The summed E-state index contributed by atoms with van der Waals surface area (Å²) in [6.45, 7) is 8.56. The van der Waals surface area contributed by atoms with Crippen LogP contribution in [0.1, 0.15) is 19.7 Å². The molecule has 84 valence electrons. The molecule has 1 fully saturated rings. The van der Waals surface area contributed by atoms with Gasteiger partial charge in [0.25, 0.3) is 0 Å². The molecule has 1 N–H and O–H groups in total. The molecular weight excluding hydrogens is 190 g/mol. The van der Waals surface area contributed by atoms with Crippen molar-refractivity contribution in [2.45, 2.75) is 25.9 Å². The molecule has 1 aromatic rings. The van der Waals surface area contributed by atoms with E-state index in [9.17, 15) is 0 Å². The summed E-state index contributed by atoms with van der Waals surface area (Å²) in [4.78, 5) is 6.72. The zero-order chi connectivity index (χ0) is 10.9. The molecule has 2 rings (SSSR count). The van der Waals surface area contributed by atoms with E-state index in [0.29, 0.717) is 0 Å². The van der Waals surface area contributed by atoms with Crippen LogP contribution in [0.25, 0.3) is 0 Å². The number of hydrogen-bond acceptors (Lipinski definition) is 4. The number of aryl methyl sites for hydroxylation is 1. The van der Waals surface area contributed by atoms with Crippen molar-refractivity contribution in [3.63, 3.8) is 0 Å². The van der Waals surface area contributed by atoms with Gasteiger partial charge in [0.1, 0.15) is 12.2 Å². The lowest BCUT2D eigenvalue weighted by atomic mass is 10.0. The van der Waals surface area contributed by atoms with Crippen LogP contribution in [0.3, 0.4) is 0 Å². The predicted molar refractivity (Wildman–Crippen MR) is 58.4 cm³/mol. The van der Waals surface area contributed by atoms with E-state index in [1.54, 1.807) is 6.33 Å². The molecule has 0 saturated carbocycles. The van der Waals surface area contributed by atoms with Gasteiger partial charge in [0, 0.05) is 32.2 Å². The Balaban J connectivity index is 2.07. The number of piperazine rings is 1. The zero-order valence-corrected chi connectivity index (χ0v) is 9.69. The summed E-state index contributed by atoms with van der Waals surface area (Å²) in [5.41, 5.74) is 0.199. The van der Waals surface area contributed by atoms with Crippen molar-refractivity contribution in [3.8, 4) is 0 Å². The monoisotopic (exact) mass is 209 g/mol. The number of nitrogens with one attached hydrogen (secondary N) is 1. The first-order valence-electron chi connectivity index (χ1n) is 5.38. The summed E-state index contributed by atoms with van der Waals surface area (Å²) in [6, 6.07) is 0. The van der Waals surface area contributed by atoms with Crippen LogP contribution in [0.4, 0.5) is 0 Å². The molecule has 0 aromatic carbocycles. The molecule has 5 heteroatoms.